The Labute approximate surface area is 207 Å². The molecule has 0 radical (unpaired) electrons. The Morgan fingerprint density at radius 1 is 1.00 bits per heavy atom. The van der Waals surface area contributed by atoms with Gasteiger partial charge in [0.1, 0.15) is 6.10 Å². The van der Waals surface area contributed by atoms with Crippen molar-refractivity contribution in [2.24, 2.45) is 0 Å². The number of hydrogen-bond acceptors (Lipinski definition) is 7. The highest BCUT2D eigenvalue weighted by Crippen LogP contribution is 2.49. The molecule has 0 spiro atoms. The summed E-state index contributed by atoms with van der Waals surface area (Å²) in [5, 5.41) is 22.4. The van der Waals surface area contributed by atoms with Crippen LogP contribution in [-0.4, -0.2) is 21.9 Å². The molecule has 0 bridgehead atoms. The molecule has 0 unspecified atom stereocenters. The molecule has 0 aromatic heterocycles. The summed E-state index contributed by atoms with van der Waals surface area (Å²) in [6.45, 7) is 1.95. The van der Waals surface area contributed by atoms with E-state index in [0.29, 0.717) is 0 Å². The Balaban J connectivity index is 1.71. The molecule has 0 amide bonds. The van der Waals surface area contributed by atoms with Crippen LogP contribution in [0.4, 0.5) is 11.4 Å². The zero-order valence-corrected chi connectivity index (χ0v) is 20.1. The number of fused-ring (bicyclic) bond motifs is 1. The summed E-state index contributed by atoms with van der Waals surface area (Å²) in [6, 6.07) is 18.2. The van der Waals surface area contributed by atoms with E-state index in [2.05, 4.69) is 15.9 Å². The van der Waals surface area contributed by atoms with Crippen molar-refractivity contribution in [3.63, 3.8) is 0 Å². The average Bonchev–Trinajstić information content (AvgIpc) is 2.82. The van der Waals surface area contributed by atoms with Crippen LogP contribution in [0.15, 0.2) is 82.2 Å². The van der Waals surface area contributed by atoms with Gasteiger partial charge in [-0.05, 0) is 48.4 Å². The molecule has 0 N–H and O–H groups in total. The van der Waals surface area contributed by atoms with E-state index in [0.717, 1.165) is 38.7 Å². The molecule has 0 saturated heterocycles. The molecule has 8 nitrogen and oxygen atoms in total. The number of nitro benzene ring substituents is 2. The van der Waals surface area contributed by atoms with E-state index in [-0.39, 0.29) is 5.56 Å². The van der Waals surface area contributed by atoms with Gasteiger partial charge in [0, 0.05) is 21.5 Å². The number of thioether (sulfide) groups is 1. The minimum absolute atomic E-state index is 0.260. The summed E-state index contributed by atoms with van der Waals surface area (Å²) < 4.78 is 6.01. The summed E-state index contributed by atoms with van der Waals surface area (Å²) in [7, 11) is 0. The second kappa shape index (κ2) is 9.40. The normalized spacial score (nSPS) is 18.7. The van der Waals surface area contributed by atoms with Crippen molar-refractivity contribution in [1.82, 2.24) is 0 Å². The standard InChI is InChI=1S/C24H17BrN2O6S/c1-24(34-20-9-7-17(25)8-10-20)21-5-3-2-4-15(21)6-11-22(24)33-23(28)16-12-18(26(29)30)14-19(13-16)27(31)32/h2-14,22H,1H3/t22-,24+/m1/s1. The third-order valence-corrected chi connectivity index (χ3v) is 7.34. The van der Waals surface area contributed by atoms with Crippen molar-refractivity contribution in [3.8, 4) is 0 Å². The summed E-state index contributed by atoms with van der Waals surface area (Å²) >= 11 is 4.94. The maximum Gasteiger partial charge on any atom is 0.339 e. The SMILES string of the molecule is C[C@]1(Sc2ccc(Br)cc2)c2ccccc2C=C[C@H]1OC(=O)c1cc([N+](=O)[O-])cc([N+](=O)[O-])c1. The number of nitro groups is 2. The maximum atomic E-state index is 13.0. The fraction of sp³-hybridized carbons (Fsp3) is 0.125. The van der Waals surface area contributed by atoms with E-state index in [1.165, 1.54) is 11.8 Å². The Morgan fingerprint density at radius 3 is 2.24 bits per heavy atom. The van der Waals surface area contributed by atoms with Gasteiger partial charge in [0.25, 0.3) is 11.4 Å². The highest BCUT2D eigenvalue weighted by atomic mass is 79.9. The smallest absolute Gasteiger partial charge is 0.339 e. The molecule has 1 aliphatic rings. The van der Waals surface area contributed by atoms with Gasteiger partial charge in [-0.15, -0.1) is 11.8 Å². The number of carbonyl (C=O) groups excluding carboxylic acids is 1. The number of rotatable bonds is 6. The van der Waals surface area contributed by atoms with Gasteiger partial charge in [0.05, 0.1) is 26.2 Å². The van der Waals surface area contributed by atoms with Crippen molar-refractivity contribution < 1.29 is 19.4 Å². The third-order valence-electron chi connectivity index (χ3n) is 5.43. The van der Waals surface area contributed by atoms with Gasteiger partial charge in [-0.1, -0.05) is 46.3 Å². The minimum Gasteiger partial charge on any atom is -0.453 e. The Kier molecular flexibility index (Phi) is 6.54. The first-order valence-corrected chi connectivity index (χ1v) is 11.7. The van der Waals surface area contributed by atoms with Crippen molar-refractivity contribution in [1.29, 1.82) is 0 Å². The number of ether oxygens (including phenoxy) is 1. The quantitative estimate of drug-likeness (QED) is 0.198. The van der Waals surface area contributed by atoms with Crippen molar-refractivity contribution in [2.45, 2.75) is 22.7 Å². The van der Waals surface area contributed by atoms with Crippen LogP contribution in [0.3, 0.4) is 0 Å². The van der Waals surface area contributed by atoms with Crippen LogP contribution in [0.25, 0.3) is 6.08 Å². The van der Waals surface area contributed by atoms with Gasteiger partial charge in [0.2, 0.25) is 0 Å². The van der Waals surface area contributed by atoms with E-state index < -0.39 is 38.0 Å². The highest BCUT2D eigenvalue weighted by Gasteiger charge is 2.42. The Bertz CT molecular complexity index is 1300. The molecule has 2 atom stereocenters. The van der Waals surface area contributed by atoms with E-state index in [1.54, 1.807) is 6.08 Å². The van der Waals surface area contributed by atoms with E-state index >= 15 is 0 Å². The number of non-ortho nitro benzene ring substituents is 2. The molecule has 3 aromatic rings. The lowest BCUT2D eigenvalue weighted by Gasteiger charge is -2.39. The molecule has 3 aromatic carbocycles. The fourth-order valence-corrected chi connectivity index (χ4v) is 5.31. The van der Waals surface area contributed by atoms with Gasteiger partial charge < -0.3 is 4.74 Å². The zero-order valence-electron chi connectivity index (χ0n) is 17.7. The summed E-state index contributed by atoms with van der Waals surface area (Å²) in [5.41, 5.74) is 0.556. The molecule has 0 fully saturated rings. The maximum absolute atomic E-state index is 13.0. The van der Waals surface area contributed by atoms with Crippen LogP contribution >= 0.6 is 27.7 Å². The molecule has 0 saturated carbocycles. The largest absolute Gasteiger partial charge is 0.453 e. The lowest BCUT2D eigenvalue weighted by atomic mass is 9.85. The van der Waals surface area contributed by atoms with Gasteiger partial charge >= 0.3 is 5.97 Å². The predicted molar refractivity (Wildman–Crippen MR) is 132 cm³/mol. The van der Waals surface area contributed by atoms with Crippen LogP contribution in [0.5, 0.6) is 0 Å². The predicted octanol–water partition coefficient (Wildman–Crippen LogP) is 6.53. The second-order valence-corrected chi connectivity index (χ2v) is 10.1. The van der Waals surface area contributed by atoms with Crippen molar-refractivity contribution >= 4 is 51.1 Å². The molecule has 172 valence electrons. The number of benzene rings is 3. The van der Waals surface area contributed by atoms with Crippen LogP contribution < -0.4 is 0 Å². The first-order valence-electron chi connectivity index (χ1n) is 10.0. The lowest BCUT2D eigenvalue weighted by molar-refractivity contribution is -0.394. The second-order valence-electron chi connectivity index (χ2n) is 7.69. The monoisotopic (exact) mass is 540 g/mol. The van der Waals surface area contributed by atoms with Gasteiger partial charge in [0.15, 0.2) is 0 Å². The molecular weight excluding hydrogens is 524 g/mol. The Morgan fingerprint density at radius 2 is 1.62 bits per heavy atom. The molecular formula is C24H17BrN2O6S. The zero-order chi connectivity index (χ0) is 24.5. The number of carbonyl (C=O) groups is 1. The molecule has 0 heterocycles. The first-order chi connectivity index (χ1) is 16.2. The van der Waals surface area contributed by atoms with Crippen LogP contribution in [0.1, 0.15) is 28.4 Å². The molecule has 4 rings (SSSR count). The number of halogens is 1. The fourth-order valence-electron chi connectivity index (χ4n) is 3.74. The van der Waals surface area contributed by atoms with Crippen LogP contribution in [0.2, 0.25) is 0 Å². The van der Waals surface area contributed by atoms with Crippen LogP contribution in [-0.2, 0) is 9.48 Å². The van der Waals surface area contributed by atoms with E-state index in [9.17, 15) is 25.0 Å². The number of hydrogen-bond donors (Lipinski definition) is 0. The van der Waals surface area contributed by atoms with Gasteiger partial charge in [-0.25, -0.2) is 4.79 Å². The Hall–Kier alpha value is -3.50. The number of nitrogens with zero attached hydrogens (tertiary/aromatic N) is 2. The first kappa shape index (κ1) is 23.7. The van der Waals surface area contributed by atoms with E-state index in [1.807, 2.05) is 61.5 Å². The summed E-state index contributed by atoms with van der Waals surface area (Å²) in [6.07, 6.45) is 2.87. The van der Waals surface area contributed by atoms with Crippen LogP contribution in [0, 0.1) is 20.2 Å². The molecule has 0 aliphatic heterocycles. The molecule has 10 heteroatoms. The summed E-state index contributed by atoms with van der Waals surface area (Å²) in [5.74, 6) is -0.886. The lowest BCUT2D eigenvalue weighted by Crippen LogP contribution is -2.38. The minimum atomic E-state index is -0.886. The molecule has 34 heavy (non-hydrogen) atoms. The summed E-state index contributed by atoms with van der Waals surface area (Å²) in [4.78, 5) is 34.9. The average molecular weight is 541 g/mol. The topological polar surface area (TPSA) is 113 Å². The third kappa shape index (κ3) is 4.73. The van der Waals surface area contributed by atoms with E-state index in [4.69, 9.17) is 4.74 Å². The number of esters is 1. The molecule has 1 aliphatic carbocycles. The highest BCUT2D eigenvalue weighted by molar-refractivity contribution is 9.10. The van der Waals surface area contributed by atoms with Crippen molar-refractivity contribution in [2.75, 3.05) is 0 Å². The van der Waals surface area contributed by atoms with Gasteiger partial charge in [-0.2, -0.15) is 0 Å². The van der Waals surface area contributed by atoms with Gasteiger partial charge in [-0.3, -0.25) is 20.2 Å². The van der Waals surface area contributed by atoms with Crippen molar-refractivity contribution in [3.05, 3.63) is 114 Å².